The molecule has 2 N–H and O–H groups in total. The van der Waals surface area contributed by atoms with Crippen molar-refractivity contribution in [3.63, 3.8) is 0 Å². The van der Waals surface area contributed by atoms with E-state index in [9.17, 15) is 0 Å². The average molecular weight is 241 g/mol. The molecule has 1 unspecified atom stereocenters. The Labute approximate surface area is 108 Å². The lowest BCUT2D eigenvalue weighted by molar-refractivity contribution is 0.467. The molecule has 1 aliphatic rings. The third-order valence-electron chi connectivity index (χ3n) is 3.90. The zero-order chi connectivity index (χ0) is 12.7. The van der Waals surface area contributed by atoms with Gasteiger partial charge in [-0.05, 0) is 25.3 Å². The quantitative estimate of drug-likeness (QED) is 0.832. The molecule has 1 aromatic heterocycles. The van der Waals surface area contributed by atoms with Crippen LogP contribution in [0.3, 0.4) is 0 Å². The van der Waals surface area contributed by atoms with Gasteiger partial charge in [0.15, 0.2) is 0 Å². The summed E-state index contributed by atoms with van der Waals surface area (Å²) in [5, 5.41) is 0. The van der Waals surface area contributed by atoms with Gasteiger partial charge in [0.1, 0.15) is 17.3 Å². The Morgan fingerprint density at radius 2 is 2.11 bits per heavy atom. The summed E-state index contributed by atoms with van der Waals surface area (Å²) in [6.07, 6.45) is 2.41. The molecule has 0 aliphatic carbocycles. The van der Waals surface area contributed by atoms with Crippen LogP contribution in [0.4, 0.5) is 5.82 Å². The molecule has 0 bridgehead atoms. The maximum atomic E-state index is 6.29. The minimum absolute atomic E-state index is 0.513. The van der Waals surface area contributed by atoms with Gasteiger partial charge in [-0.15, -0.1) is 0 Å². The summed E-state index contributed by atoms with van der Waals surface area (Å²) in [7, 11) is 0. The molecule has 2 aromatic rings. The van der Waals surface area contributed by atoms with E-state index in [1.807, 2.05) is 12.1 Å². The number of aromatic nitrogens is 2. The molecule has 18 heavy (non-hydrogen) atoms. The first-order valence-corrected chi connectivity index (χ1v) is 6.60. The minimum atomic E-state index is 0.513. The Balaban J connectivity index is 2.17. The topological polar surface area (TPSA) is 43.8 Å². The number of anilines is 1. The number of nitrogens with two attached hydrogens (primary N) is 1. The van der Waals surface area contributed by atoms with Crippen molar-refractivity contribution in [1.82, 2.24) is 9.55 Å². The van der Waals surface area contributed by atoms with Crippen LogP contribution in [0.25, 0.3) is 11.3 Å². The molecule has 0 spiro atoms. The van der Waals surface area contributed by atoms with Crippen molar-refractivity contribution >= 4 is 5.82 Å². The van der Waals surface area contributed by atoms with Gasteiger partial charge < -0.3 is 10.3 Å². The van der Waals surface area contributed by atoms with Gasteiger partial charge >= 0.3 is 0 Å². The Morgan fingerprint density at radius 1 is 1.33 bits per heavy atom. The lowest BCUT2D eigenvalue weighted by atomic mass is 10.0. The van der Waals surface area contributed by atoms with Gasteiger partial charge in [-0.1, -0.05) is 31.2 Å². The lowest BCUT2D eigenvalue weighted by Crippen LogP contribution is -2.15. The molecule has 1 atom stereocenters. The van der Waals surface area contributed by atoms with E-state index < -0.39 is 0 Å². The number of hydrogen-bond donors (Lipinski definition) is 1. The summed E-state index contributed by atoms with van der Waals surface area (Å²) < 4.78 is 2.19. The van der Waals surface area contributed by atoms with Crippen molar-refractivity contribution < 1.29 is 0 Å². The van der Waals surface area contributed by atoms with Gasteiger partial charge in [0, 0.05) is 18.0 Å². The molecular weight excluding hydrogens is 222 g/mol. The van der Waals surface area contributed by atoms with E-state index in [0.717, 1.165) is 29.4 Å². The Morgan fingerprint density at radius 3 is 2.83 bits per heavy atom. The monoisotopic (exact) mass is 241 g/mol. The van der Waals surface area contributed by atoms with Crippen molar-refractivity contribution in [3.8, 4) is 11.3 Å². The number of imidazole rings is 1. The lowest BCUT2D eigenvalue weighted by Gasteiger charge is -2.20. The highest BCUT2D eigenvalue weighted by atomic mass is 15.2. The highest BCUT2D eigenvalue weighted by molar-refractivity contribution is 5.73. The van der Waals surface area contributed by atoms with E-state index in [0.29, 0.717) is 5.92 Å². The number of nitrogen functional groups attached to an aromatic ring is 1. The van der Waals surface area contributed by atoms with Gasteiger partial charge in [0.05, 0.1) is 0 Å². The molecule has 1 aromatic carbocycles. The second kappa shape index (κ2) is 4.16. The maximum absolute atomic E-state index is 6.29. The van der Waals surface area contributed by atoms with Crippen LogP contribution in [0.1, 0.15) is 37.1 Å². The van der Waals surface area contributed by atoms with Crippen molar-refractivity contribution in [1.29, 1.82) is 0 Å². The maximum Gasteiger partial charge on any atom is 0.131 e. The van der Waals surface area contributed by atoms with E-state index >= 15 is 0 Å². The Kier molecular flexibility index (Phi) is 2.62. The van der Waals surface area contributed by atoms with Gasteiger partial charge in [-0.3, -0.25) is 0 Å². The van der Waals surface area contributed by atoms with Crippen LogP contribution in [0.5, 0.6) is 0 Å². The number of rotatable bonds is 1. The van der Waals surface area contributed by atoms with Gasteiger partial charge in [0.25, 0.3) is 0 Å². The highest BCUT2D eigenvalue weighted by Crippen LogP contribution is 2.35. The predicted octanol–water partition coefficient (Wildman–Crippen LogP) is 3.34. The number of hydrogen-bond acceptors (Lipinski definition) is 2. The fourth-order valence-corrected chi connectivity index (χ4v) is 2.82. The average Bonchev–Trinajstić information content (AvgIpc) is 2.70. The molecule has 0 amide bonds. The van der Waals surface area contributed by atoms with Crippen molar-refractivity contribution in [2.45, 2.75) is 39.2 Å². The van der Waals surface area contributed by atoms with E-state index in [4.69, 9.17) is 10.7 Å². The first kappa shape index (κ1) is 11.3. The van der Waals surface area contributed by atoms with Crippen LogP contribution >= 0.6 is 0 Å². The summed E-state index contributed by atoms with van der Waals surface area (Å²) in [5.41, 5.74) is 9.63. The normalized spacial score (nSPS) is 18.7. The number of fused-ring (bicyclic) bond motifs is 1. The predicted molar refractivity (Wildman–Crippen MR) is 74.5 cm³/mol. The zero-order valence-electron chi connectivity index (χ0n) is 11.0. The molecule has 3 heteroatoms. The summed E-state index contributed by atoms with van der Waals surface area (Å²) in [5.74, 6) is 2.49. The molecule has 3 nitrogen and oxygen atoms in total. The van der Waals surface area contributed by atoms with Crippen LogP contribution in [0.15, 0.2) is 24.3 Å². The van der Waals surface area contributed by atoms with Crippen molar-refractivity contribution in [2.75, 3.05) is 5.73 Å². The highest BCUT2D eigenvalue weighted by Gasteiger charge is 2.23. The fourth-order valence-electron chi connectivity index (χ4n) is 2.82. The van der Waals surface area contributed by atoms with Gasteiger partial charge in [-0.25, -0.2) is 4.98 Å². The number of aryl methyl sites for hydroxylation is 1. The molecular formula is C15H19N3. The Hall–Kier alpha value is -1.77. The van der Waals surface area contributed by atoms with E-state index in [2.05, 4.69) is 30.5 Å². The number of nitrogens with zero attached hydrogens (tertiary/aromatic N) is 2. The summed E-state index contributed by atoms with van der Waals surface area (Å²) >= 11 is 0. The largest absolute Gasteiger partial charge is 0.383 e. The van der Waals surface area contributed by atoms with E-state index in [1.54, 1.807) is 0 Å². The van der Waals surface area contributed by atoms with Gasteiger partial charge in [-0.2, -0.15) is 0 Å². The van der Waals surface area contributed by atoms with Crippen LogP contribution in [-0.4, -0.2) is 9.55 Å². The number of benzene rings is 1. The first-order valence-electron chi connectivity index (χ1n) is 6.60. The summed E-state index contributed by atoms with van der Waals surface area (Å²) in [4.78, 5) is 4.80. The molecule has 0 saturated carbocycles. The van der Waals surface area contributed by atoms with E-state index in [-0.39, 0.29) is 0 Å². The molecule has 0 fully saturated rings. The summed E-state index contributed by atoms with van der Waals surface area (Å²) in [6.45, 7) is 5.35. The fraction of sp³-hybridized carbons (Fsp3) is 0.400. The SMILES string of the molecule is Cc1ccccc1-c1nc2n(c1N)CCCC2C. The third-order valence-corrected chi connectivity index (χ3v) is 3.90. The van der Waals surface area contributed by atoms with E-state index in [1.165, 1.54) is 18.4 Å². The molecule has 2 heterocycles. The van der Waals surface area contributed by atoms with Crippen LogP contribution in [0, 0.1) is 6.92 Å². The molecule has 94 valence electrons. The standard InChI is InChI=1S/C15H19N3/c1-10-6-3-4-8-12(10)13-14(16)18-9-5-7-11(2)15(18)17-13/h3-4,6,8,11H,5,7,9,16H2,1-2H3. The molecule has 0 saturated heterocycles. The third kappa shape index (κ3) is 1.62. The molecule has 1 aliphatic heterocycles. The second-order valence-electron chi connectivity index (χ2n) is 5.21. The van der Waals surface area contributed by atoms with Crippen molar-refractivity contribution in [2.24, 2.45) is 0 Å². The minimum Gasteiger partial charge on any atom is -0.383 e. The smallest absolute Gasteiger partial charge is 0.131 e. The van der Waals surface area contributed by atoms with Gasteiger partial charge in [0.2, 0.25) is 0 Å². The molecule has 0 radical (unpaired) electrons. The van der Waals surface area contributed by atoms with Crippen LogP contribution in [-0.2, 0) is 6.54 Å². The molecule has 3 rings (SSSR count). The summed E-state index contributed by atoms with van der Waals surface area (Å²) in [6, 6.07) is 8.30. The van der Waals surface area contributed by atoms with Crippen LogP contribution < -0.4 is 5.73 Å². The van der Waals surface area contributed by atoms with Crippen LogP contribution in [0.2, 0.25) is 0 Å². The Bertz CT molecular complexity index is 583. The second-order valence-corrected chi connectivity index (χ2v) is 5.21. The van der Waals surface area contributed by atoms with Crippen molar-refractivity contribution in [3.05, 3.63) is 35.7 Å². The first-order chi connectivity index (χ1) is 8.68. The zero-order valence-corrected chi connectivity index (χ0v) is 11.0.